The van der Waals surface area contributed by atoms with Crippen LogP contribution in [0.2, 0.25) is 0 Å². The number of pyridine rings is 1. The number of hydrogen-bond acceptors (Lipinski definition) is 5. The lowest BCUT2D eigenvalue weighted by Gasteiger charge is -2.39. The van der Waals surface area contributed by atoms with E-state index in [0.29, 0.717) is 24.1 Å². The molecule has 1 aromatic rings. The van der Waals surface area contributed by atoms with E-state index in [1.165, 1.54) is 0 Å². The third-order valence-electron chi connectivity index (χ3n) is 5.80. The van der Waals surface area contributed by atoms with Gasteiger partial charge in [0, 0.05) is 69.3 Å². The molecule has 4 heterocycles. The Labute approximate surface area is 149 Å². The predicted molar refractivity (Wildman–Crippen MR) is 93.4 cm³/mol. The molecule has 0 unspecified atom stereocenters. The second kappa shape index (κ2) is 7.81. The summed E-state index contributed by atoms with van der Waals surface area (Å²) in [5.74, 6) is 0.613. The molecule has 1 aromatic heterocycles. The summed E-state index contributed by atoms with van der Waals surface area (Å²) in [7, 11) is 0. The Morgan fingerprint density at radius 2 is 1.84 bits per heavy atom. The lowest BCUT2D eigenvalue weighted by molar-refractivity contribution is -0.0174. The number of likely N-dealkylation sites (tertiary alicyclic amines) is 1. The van der Waals surface area contributed by atoms with Crippen molar-refractivity contribution >= 4 is 5.91 Å². The first-order valence-corrected chi connectivity index (χ1v) is 9.44. The van der Waals surface area contributed by atoms with E-state index >= 15 is 0 Å². The minimum atomic E-state index is 0.0926. The van der Waals surface area contributed by atoms with Gasteiger partial charge in [-0.25, -0.2) is 0 Å². The second-order valence-electron chi connectivity index (χ2n) is 7.28. The molecule has 2 atom stereocenters. The van der Waals surface area contributed by atoms with E-state index in [-0.39, 0.29) is 12.0 Å². The summed E-state index contributed by atoms with van der Waals surface area (Å²) in [5.41, 5.74) is 0.714. The Balaban J connectivity index is 1.38. The highest BCUT2D eigenvalue weighted by molar-refractivity contribution is 5.94. The van der Waals surface area contributed by atoms with Gasteiger partial charge in [-0.1, -0.05) is 0 Å². The van der Waals surface area contributed by atoms with Crippen LogP contribution < -0.4 is 0 Å². The van der Waals surface area contributed by atoms with E-state index in [9.17, 15) is 4.79 Å². The largest absolute Gasteiger partial charge is 0.381 e. The van der Waals surface area contributed by atoms with Crippen LogP contribution in [0.3, 0.4) is 0 Å². The normalized spacial score (nSPS) is 29.0. The van der Waals surface area contributed by atoms with Gasteiger partial charge in [-0.15, -0.1) is 0 Å². The van der Waals surface area contributed by atoms with Crippen LogP contribution in [-0.2, 0) is 9.47 Å². The molecule has 6 nitrogen and oxygen atoms in total. The van der Waals surface area contributed by atoms with Crippen molar-refractivity contribution in [2.24, 2.45) is 5.92 Å². The topological polar surface area (TPSA) is 54.9 Å². The molecule has 0 spiro atoms. The summed E-state index contributed by atoms with van der Waals surface area (Å²) in [4.78, 5) is 21.2. The number of carbonyl (C=O) groups is 1. The van der Waals surface area contributed by atoms with Crippen LogP contribution in [0.5, 0.6) is 0 Å². The fourth-order valence-corrected chi connectivity index (χ4v) is 4.32. The highest BCUT2D eigenvalue weighted by atomic mass is 16.5. The third-order valence-corrected chi connectivity index (χ3v) is 5.80. The SMILES string of the molecule is O=C(c1ccncc1)N1CC[C@@H]2CN(C3CCOCC3)CCO[C@@H]2C1. The van der Waals surface area contributed by atoms with Gasteiger partial charge in [0.1, 0.15) is 0 Å². The summed E-state index contributed by atoms with van der Waals surface area (Å²) in [6, 6.07) is 4.21. The molecule has 136 valence electrons. The van der Waals surface area contributed by atoms with Crippen LogP contribution in [0.1, 0.15) is 29.6 Å². The predicted octanol–water partition coefficient (Wildman–Crippen LogP) is 1.42. The molecule has 3 saturated heterocycles. The van der Waals surface area contributed by atoms with E-state index in [1.54, 1.807) is 24.5 Å². The zero-order valence-electron chi connectivity index (χ0n) is 14.7. The number of aromatic nitrogens is 1. The van der Waals surface area contributed by atoms with Gasteiger partial charge in [0.05, 0.1) is 12.7 Å². The van der Waals surface area contributed by atoms with Crippen LogP contribution in [0, 0.1) is 5.92 Å². The Morgan fingerprint density at radius 3 is 2.64 bits per heavy atom. The summed E-state index contributed by atoms with van der Waals surface area (Å²) in [5, 5.41) is 0. The zero-order chi connectivity index (χ0) is 17.1. The fraction of sp³-hybridized carbons (Fsp3) is 0.684. The lowest BCUT2D eigenvalue weighted by atomic mass is 9.92. The van der Waals surface area contributed by atoms with Crippen molar-refractivity contribution in [1.29, 1.82) is 0 Å². The molecule has 1 amide bonds. The lowest BCUT2D eigenvalue weighted by Crippen LogP contribution is -2.50. The zero-order valence-corrected chi connectivity index (χ0v) is 14.7. The Morgan fingerprint density at radius 1 is 1.04 bits per heavy atom. The number of ether oxygens (including phenoxy) is 2. The number of carbonyl (C=O) groups excluding carboxylic acids is 1. The van der Waals surface area contributed by atoms with Crippen LogP contribution in [0.15, 0.2) is 24.5 Å². The molecule has 0 saturated carbocycles. The number of rotatable bonds is 2. The molecule has 4 rings (SSSR count). The number of nitrogens with zero attached hydrogens (tertiary/aromatic N) is 3. The van der Waals surface area contributed by atoms with Crippen molar-refractivity contribution < 1.29 is 14.3 Å². The van der Waals surface area contributed by atoms with Crippen molar-refractivity contribution in [3.63, 3.8) is 0 Å². The molecular formula is C19H27N3O3. The van der Waals surface area contributed by atoms with Crippen LogP contribution in [0.4, 0.5) is 0 Å². The first-order chi connectivity index (χ1) is 12.3. The summed E-state index contributed by atoms with van der Waals surface area (Å²) in [6.07, 6.45) is 6.78. The summed E-state index contributed by atoms with van der Waals surface area (Å²) < 4.78 is 11.7. The average molecular weight is 345 g/mol. The van der Waals surface area contributed by atoms with Crippen LogP contribution in [0.25, 0.3) is 0 Å². The van der Waals surface area contributed by atoms with Crippen molar-refractivity contribution in [2.45, 2.75) is 31.4 Å². The highest BCUT2D eigenvalue weighted by Gasteiger charge is 2.36. The van der Waals surface area contributed by atoms with Gasteiger partial charge in [-0.05, 0) is 31.4 Å². The summed E-state index contributed by atoms with van der Waals surface area (Å²) in [6.45, 7) is 6.12. The molecule has 25 heavy (non-hydrogen) atoms. The smallest absolute Gasteiger partial charge is 0.254 e. The van der Waals surface area contributed by atoms with Crippen molar-refractivity contribution in [3.8, 4) is 0 Å². The standard InChI is InChI=1S/C19H27N3O3/c23-19(15-1-6-20-7-2-15)22-8-3-16-13-21(9-12-25-18(16)14-22)17-4-10-24-11-5-17/h1-2,6-7,16-18H,3-5,8-14H2/t16-,18-/m1/s1. The van der Waals surface area contributed by atoms with Gasteiger partial charge in [0.25, 0.3) is 5.91 Å². The maximum atomic E-state index is 12.7. The Kier molecular flexibility index (Phi) is 5.29. The molecule has 0 bridgehead atoms. The van der Waals surface area contributed by atoms with Crippen molar-refractivity contribution in [2.75, 3.05) is 46.0 Å². The van der Waals surface area contributed by atoms with Gasteiger partial charge >= 0.3 is 0 Å². The highest BCUT2D eigenvalue weighted by Crippen LogP contribution is 2.27. The summed E-state index contributed by atoms with van der Waals surface area (Å²) >= 11 is 0. The van der Waals surface area contributed by atoms with Gasteiger partial charge in [-0.2, -0.15) is 0 Å². The van der Waals surface area contributed by atoms with Crippen LogP contribution >= 0.6 is 0 Å². The molecule has 6 heteroatoms. The molecule has 0 N–H and O–H groups in total. The number of piperidine rings is 1. The van der Waals surface area contributed by atoms with E-state index < -0.39 is 0 Å². The van der Waals surface area contributed by atoms with Gasteiger partial charge < -0.3 is 14.4 Å². The number of fused-ring (bicyclic) bond motifs is 1. The molecular weight excluding hydrogens is 318 g/mol. The number of amides is 1. The van der Waals surface area contributed by atoms with E-state index in [2.05, 4.69) is 9.88 Å². The van der Waals surface area contributed by atoms with E-state index in [1.807, 2.05) is 4.90 Å². The monoisotopic (exact) mass is 345 g/mol. The Hall–Kier alpha value is -1.50. The first kappa shape index (κ1) is 16.9. The fourth-order valence-electron chi connectivity index (χ4n) is 4.32. The average Bonchev–Trinajstić information content (AvgIpc) is 2.90. The maximum absolute atomic E-state index is 12.7. The molecule has 3 fully saturated rings. The van der Waals surface area contributed by atoms with E-state index in [0.717, 1.165) is 58.7 Å². The quantitative estimate of drug-likeness (QED) is 0.811. The third kappa shape index (κ3) is 3.86. The minimum Gasteiger partial charge on any atom is -0.381 e. The number of hydrogen-bond donors (Lipinski definition) is 0. The molecule has 0 aromatic carbocycles. The molecule has 3 aliphatic heterocycles. The van der Waals surface area contributed by atoms with Gasteiger partial charge in [-0.3, -0.25) is 14.7 Å². The van der Waals surface area contributed by atoms with Crippen molar-refractivity contribution in [1.82, 2.24) is 14.8 Å². The maximum Gasteiger partial charge on any atom is 0.254 e. The molecule has 0 aliphatic carbocycles. The first-order valence-electron chi connectivity index (χ1n) is 9.44. The van der Waals surface area contributed by atoms with Crippen LogP contribution in [-0.4, -0.2) is 78.8 Å². The second-order valence-corrected chi connectivity index (χ2v) is 7.28. The minimum absolute atomic E-state index is 0.0926. The van der Waals surface area contributed by atoms with Gasteiger partial charge in [0.2, 0.25) is 0 Å². The van der Waals surface area contributed by atoms with E-state index in [4.69, 9.17) is 9.47 Å². The molecule has 0 radical (unpaired) electrons. The Bertz CT molecular complexity index is 577. The molecule has 3 aliphatic rings. The van der Waals surface area contributed by atoms with Crippen molar-refractivity contribution in [3.05, 3.63) is 30.1 Å². The van der Waals surface area contributed by atoms with Gasteiger partial charge in [0.15, 0.2) is 0 Å².